The number of esters is 1. The molecule has 0 unspecified atom stereocenters. The van der Waals surface area contributed by atoms with Gasteiger partial charge < -0.3 is 14.8 Å². The molecule has 132 valence electrons. The van der Waals surface area contributed by atoms with E-state index < -0.39 is 12.1 Å². The first-order chi connectivity index (χ1) is 11.9. The highest BCUT2D eigenvalue weighted by atomic mass is 35.5. The molecule has 1 N–H and O–H groups in total. The van der Waals surface area contributed by atoms with Crippen LogP contribution in [0.3, 0.4) is 0 Å². The van der Waals surface area contributed by atoms with E-state index in [2.05, 4.69) is 5.32 Å². The predicted octanol–water partition coefficient (Wildman–Crippen LogP) is 4.58. The third-order valence-corrected chi connectivity index (χ3v) is 3.81. The van der Waals surface area contributed by atoms with Crippen LogP contribution < -0.4 is 10.1 Å². The minimum atomic E-state index is -0.747. The highest BCUT2D eigenvalue weighted by molar-refractivity contribution is 6.33. The van der Waals surface area contributed by atoms with E-state index in [-0.39, 0.29) is 23.1 Å². The molecule has 0 aliphatic heterocycles. The van der Waals surface area contributed by atoms with Crippen LogP contribution in [0.4, 0.5) is 5.69 Å². The van der Waals surface area contributed by atoms with E-state index in [9.17, 15) is 9.59 Å². The third-order valence-electron chi connectivity index (χ3n) is 3.22. The number of amides is 1. The summed E-state index contributed by atoms with van der Waals surface area (Å²) in [6.07, 6.45) is -0.747. The number of carbonyl (C=O) groups is 2. The molecule has 2 rings (SSSR count). The molecule has 0 saturated carbocycles. The van der Waals surface area contributed by atoms with Crippen LogP contribution in [0.15, 0.2) is 42.5 Å². The average Bonchev–Trinajstić information content (AvgIpc) is 2.58. The maximum absolute atomic E-state index is 12.3. The fraction of sp³-hybridized carbons (Fsp3) is 0.222. The Bertz CT molecular complexity index is 762. The van der Waals surface area contributed by atoms with Crippen LogP contribution in [0, 0.1) is 0 Å². The molecule has 7 heteroatoms. The van der Waals surface area contributed by atoms with Crippen molar-refractivity contribution in [2.75, 3.05) is 11.9 Å². The molecule has 1 atom stereocenters. The van der Waals surface area contributed by atoms with Crippen molar-refractivity contribution in [3.63, 3.8) is 0 Å². The molecule has 0 bridgehead atoms. The van der Waals surface area contributed by atoms with Crippen LogP contribution in [0.1, 0.15) is 24.2 Å². The van der Waals surface area contributed by atoms with Crippen molar-refractivity contribution in [2.24, 2.45) is 0 Å². The number of halogens is 2. The number of benzene rings is 2. The second kappa shape index (κ2) is 8.74. The molecule has 0 radical (unpaired) electrons. The van der Waals surface area contributed by atoms with E-state index >= 15 is 0 Å². The van der Waals surface area contributed by atoms with E-state index in [0.29, 0.717) is 16.5 Å². The van der Waals surface area contributed by atoms with Gasteiger partial charge in [-0.1, -0.05) is 23.2 Å². The topological polar surface area (TPSA) is 64.6 Å². The predicted molar refractivity (Wildman–Crippen MR) is 97.6 cm³/mol. The smallest absolute Gasteiger partial charge is 0.339 e. The monoisotopic (exact) mass is 381 g/mol. The standard InChI is InChI=1S/C18H17Cl2NO4/c1-3-24-18(23)15-10-13(6-9-16(15)20)21-17(22)11(2)25-14-7-4-12(19)5-8-14/h4-11H,3H2,1-2H3,(H,21,22)/t11-/m0/s1. The molecule has 0 saturated heterocycles. The molecule has 25 heavy (non-hydrogen) atoms. The summed E-state index contributed by atoms with van der Waals surface area (Å²) in [5.74, 6) is -0.392. The molecular formula is C18H17Cl2NO4. The summed E-state index contributed by atoms with van der Waals surface area (Å²) < 4.78 is 10.5. The molecule has 2 aromatic rings. The lowest BCUT2D eigenvalue weighted by molar-refractivity contribution is -0.122. The van der Waals surface area contributed by atoms with Gasteiger partial charge in [-0.2, -0.15) is 0 Å². The van der Waals surface area contributed by atoms with Gasteiger partial charge in [0.05, 0.1) is 17.2 Å². The van der Waals surface area contributed by atoms with Crippen LogP contribution in [0.25, 0.3) is 0 Å². The number of nitrogens with one attached hydrogen (secondary N) is 1. The van der Waals surface area contributed by atoms with Crippen molar-refractivity contribution < 1.29 is 19.1 Å². The van der Waals surface area contributed by atoms with Gasteiger partial charge >= 0.3 is 5.97 Å². The van der Waals surface area contributed by atoms with Crippen molar-refractivity contribution >= 4 is 40.8 Å². The first-order valence-corrected chi connectivity index (χ1v) is 8.36. The average molecular weight is 382 g/mol. The Labute approximate surface area is 155 Å². The molecule has 1 amide bonds. The van der Waals surface area contributed by atoms with Crippen LogP contribution in [0.2, 0.25) is 10.0 Å². The van der Waals surface area contributed by atoms with Gasteiger partial charge in [-0.05, 0) is 56.3 Å². The van der Waals surface area contributed by atoms with Gasteiger partial charge in [0.25, 0.3) is 5.91 Å². The Morgan fingerprint density at radius 1 is 1.12 bits per heavy atom. The van der Waals surface area contributed by atoms with Crippen LogP contribution in [-0.4, -0.2) is 24.6 Å². The van der Waals surface area contributed by atoms with Crippen LogP contribution in [-0.2, 0) is 9.53 Å². The zero-order chi connectivity index (χ0) is 18.4. The quantitative estimate of drug-likeness (QED) is 0.743. The van der Waals surface area contributed by atoms with Gasteiger partial charge in [0.2, 0.25) is 0 Å². The highest BCUT2D eigenvalue weighted by Gasteiger charge is 2.17. The van der Waals surface area contributed by atoms with E-state index in [4.69, 9.17) is 32.7 Å². The maximum atomic E-state index is 12.3. The zero-order valence-corrected chi connectivity index (χ0v) is 15.2. The summed E-state index contributed by atoms with van der Waals surface area (Å²) in [5, 5.41) is 3.51. The van der Waals surface area contributed by atoms with Gasteiger partial charge in [-0.25, -0.2) is 4.79 Å². The van der Waals surface area contributed by atoms with Crippen molar-refractivity contribution in [3.8, 4) is 5.75 Å². The number of hydrogen-bond donors (Lipinski definition) is 1. The summed E-state index contributed by atoms with van der Waals surface area (Å²) in [5.41, 5.74) is 0.608. The number of carbonyl (C=O) groups excluding carboxylic acids is 2. The lowest BCUT2D eigenvalue weighted by atomic mass is 10.2. The summed E-state index contributed by atoms with van der Waals surface area (Å²) in [4.78, 5) is 24.1. The van der Waals surface area contributed by atoms with Crippen molar-refractivity contribution in [3.05, 3.63) is 58.1 Å². The first-order valence-electron chi connectivity index (χ1n) is 7.60. The second-order valence-corrected chi connectivity index (χ2v) is 5.96. The minimum absolute atomic E-state index is 0.188. The van der Waals surface area contributed by atoms with E-state index in [1.807, 2.05) is 0 Å². The Balaban J connectivity index is 2.05. The summed E-state index contributed by atoms with van der Waals surface area (Å²) in [6.45, 7) is 3.55. The molecule has 0 aliphatic carbocycles. The Morgan fingerprint density at radius 2 is 1.80 bits per heavy atom. The van der Waals surface area contributed by atoms with Crippen molar-refractivity contribution in [2.45, 2.75) is 20.0 Å². The second-order valence-electron chi connectivity index (χ2n) is 5.12. The van der Waals surface area contributed by atoms with Gasteiger partial charge in [0.1, 0.15) is 5.75 Å². The molecular weight excluding hydrogens is 365 g/mol. The molecule has 0 fully saturated rings. The first kappa shape index (κ1) is 19.1. The lowest BCUT2D eigenvalue weighted by Crippen LogP contribution is -2.30. The minimum Gasteiger partial charge on any atom is -0.481 e. The number of ether oxygens (including phenoxy) is 2. The molecule has 5 nitrogen and oxygen atoms in total. The largest absolute Gasteiger partial charge is 0.481 e. The summed E-state index contributed by atoms with van der Waals surface area (Å²) >= 11 is 11.8. The Kier molecular flexibility index (Phi) is 6.67. The third kappa shape index (κ3) is 5.37. The lowest BCUT2D eigenvalue weighted by Gasteiger charge is -2.15. The fourth-order valence-electron chi connectivity index (χ4n) is 1.98. The van der Waals surface area contributed by atoms with Gasteiger partial charge in [-0.15, -0.1) is 0 Å². The molecule has 0 spiro atoms. The Morgan fingerprint density at radius 3 is 2.44 bits per heavy atom. The number of hydrogen-bond acceptors (Lipinski definition) is 4. The van der Waals surface area contributed by atoms with E-state index in [1.165, 1.54) is 12.1 Å². The summed E-state index contributed by atoms with van der Waals surface area (Å²) in [7, 11) is 0. The molecule has 0 heterocycles. The maximum Gasteiger partial charge on any atom is 0.339 e. The SMILES string of the molecule is CCOC(=O)c1cc(NC(=O)[C@H](C)Oc2ccc(Cl)cc2)ccc1Cl. The van der Waals surface area contributed by atoms with Crippen LogP contribution in [0.5, 0.6) is 5.75 Å². The molecule has 2 aromatic carbocycles. The highest BCUT2D eigenvalue weighted by Crippen LogP contribution is 2.22. The van der Waals surface area contributed by atoms with Crippen molar-refractivity contribution in [1.29, 1.82) is 0 Å². The van der Waals surface area contributed by atoms with Crippen LogP contribution >= 0.6 is 23.2 Å². The van der Waals surface area contributed by atoms with E-state index in [0.717, 1.165) is 0 Å². The molecule has 0 aliphatic rings. The van der Waals surface area contributed by atoms with Crippen molar-refractivity contribution in [1.82, 2.24) is 0 Å². The summed E-state index contributed by atoms with van der Waals surface area (Å²) in [6, 6.07) is 11.3. The van der Waals surface area contributed by atoms with Gasteiger partial charge in [0, 0.05) is 10.7 Å². The van der Waals surface area contributed by atoms with Gasteiger partial charge in [0.15, 0.2) is 6.10 Å². The Hall–Kier alpha value is -2.24. The zero-order valence-electron chi connectivity index (χ0n) is 13.7. The number of rotatable bonds is 6. The molecule has 0 aromatic heterocycles. The fourth-order valence-corrected chi connectivity index (χ4v) is 2.30. The van der Waals surface area contributed by atoms with E-state index in [1.54, 1.807) is 44.2 Å². The van der Waals surface area contributed by atoms with Gasteiger partial charge in [-0.3, -0.25) is 4.79 Å². The number of anilines is 1. The normalized spacial score (nSPS) is 11.5.